The van der Waals surface area contributed by atoms with Gasteiger partial charge in [-0.1, -0.05) is 29.3 Å². The molecule has 5 nitrogen and oxygen atoms in total. The molecule has 0 saturated heterocycles. The van der Waals surface area contributed by atoms with Crippen LogP contribution >= 0.6 is 38.5 Å². The van der Waals surface area contributed by atoms with Gasteiger partial charge in [0, 0.05) is 10.0 Å². The Morgan fingerprint density at radius 2 is 2.21 bits per heavy atom. The summed E-state index contributed by atoms with van der Waals surface area (Å²) in [4.78, 5) is 0. The van der Waals surface area contributed by atoms with Crippen LogP contribution in [-0.2, 0) is 0 Å². The fraction of sp³-hybridized carbons (Fsp3) is 0.333. The molecule has 19 heavy (non-hydrogen) atoms. The van der Waals surface area contributed by atoms with E-state index < -0.39 is 0 Å². The van der Waals surface area contributed by atoms with Crippen molar-refractivity contribution in [2.45, 2.75) is 19.8 Å². The van der Waals surface area contributed by atoms with Gasteiger partial charge in [0.2, 0.25) is 5.96 Å². The van der Waals surface area contributed by atoms with Crippen LogP contribution in [-0.4, -0.2) is 18.8 Å². The van der Waals surface area contributed by atoms with Crippen LogP contribution in [0.3, 0.4) is 0 Å². The third-order valence-electron chi connectivity index (χ3n) is 2.15. The lowest BCUT2D eigenvalue weighted by atomic mass is 10.2. The minimum absolute atomic E-state index is 0.0746. The summed E-state index contributed by atoms with van der Waals surface area (Å²) >= 11 is 5.67. The standard InChI is InChI=1S/C12H16BrIN4O/c1-2-3-4-19-11-8(7-17-18-12(15)16)5-9(13)6-10(11)14/h5-7H,2-4H2,1H3,(H4,15,16,18). The molecule has 0 saturated carbocycles. The van der Waals surface area contributed by atoms with E-state index in [0.29, 0.717) is 6.61 Å². The van der Waals surface area contributed by atoms with E-state index in [4.69, 9.17) is 16.2 Å². The first kappa shape index (κ1) is 16.2. The van der Waals surface area contributed by atoms with Crippen LogP contribution in [0.25, 0.3) is 0 Å². The Kier molecular flexibility index (Phi) is 7.14. The molecule has 0 unspecified atom stereocenters. The molecule has 0 aliphatic carbocycles. The third-order valence-corrected chi connectivity index (χ3v) is 3.41. The van der Waals surface area contributed by atoms with E-state index in [-0.39, 0.29) is 5.96 Å². The van der Waals surface area contributed by atoms with Crippen molar-refractivity contribution >= 4 is 50.7 Å². The first-order chi connectivity index (χ1) is 9.04. The molecule has 4 N–H and O–H groups in total. The van der Waals surface area contributed by atoms with Crippen LogP contribution in [0.4, 0.5) is 0 Å². The number of benzene rings is 1. The molecule has 1 aromatic rings. The van der Waals surface area contributed by atoms with Crippen molar-refractivity contribution in [3.8, 4) is 5.75 Å². The Hall–Kier alpha value is -0.830. The van der Waals surface area contributed by atoms with Crippen LogP contribution in [0.1, 0.15) is 25.3 Å². The zero-order chi connectivity index (χ0) is 14.3. The highest BCUT2D eigenvalue weighted by atomic mass is 127. The molecule has 0 amide bonds. The second-order valence-electron chi connectivity index (χ2n) is 3.78. The summed E-state index contributed by atoms with van der Waals surface area (Å²) in [6, 6.07) is 3.90. The first-order valence-electron chi connectivity index (χ1n) is 5.78. The van der Waals surface area contributed by atoms with Gasteiger partial charge in [0.1, 0.15) is 5.75 Å². The SMILES string of the molecule is CCCCOc1c(I)cc(Br)cc1C=NN=C(N)N. The highest BCUT2D eigenvalue weighted by Crippen LogP contribution is 2.29. The molecule has 0 aliphatic rings. The largest absolute Gasteiger partial charge is 0.492 e. The molecular weight excluding hydrogens is 423 g/mol. The third kappa shape index (κ3) is 5.77. The normalized spacial score (nSPS) is 10.7. The van der Waals surface area contributed by atoms with E-state index in [0.717, 1.165) is 32.2 Å². The van der Waals surface area contributed by atoms with Gasteiger partial charge in [0.15, 0.2) is 0 Å². The van der Waals surface area contributed by atoms with Crippen molar-refractivity contribution in [1.82, 2.24) is 0 Å². The van der Waals surface area contributed by atoms with Gasteiger partial charge in [0.05, 0.1) is 16.4 Å². The highest BCUT2D eigenvalue weighted by molar-refractivity contribution is 14.1. The van der Waals surface area contributed by atoms with Gasteiger partial charge in [-0.05, 0) is 41.1 Å². The maximum Gasteiger partial charge on any atom is 0.211 e. The summed E-state index contributed by atoms with van der Waals surface area (Å²) in [5.41, 5.74) is 11.3. The Morgan fingerprint density at radius 1 is 1.47 bits per heavy atom. The van der Waals surface area contributed by atoms with E-state index in [1.54, 1.807) is 6.21 Å². The molecule has 0 atom stereocenters. The van der Waals surface area contributed by atoms with Gasteiger partial charge in [-0.2, -0.15) is 5.10 Å². The molecule has 0 spiro atoms. The highest BCUT2D eigenvalue weighted by Gasteiger charge is 2.08. The summed E-state index contributed by atoms with van der Waals surface area (Å²) < 4.78 is 7.75. The smallest absolute Gasteiger partial charge is 0.211 e. The minimum Gasteiger partial charge on any atom is -0.492 e. The van der Waals surface area contributed by atoms with Crippen molar-refractivity contribution in [2.24, 2.45) is 21.7 Å². The number of rotatable bonds is 6. The van der Waals surface area contributed by atoms with E-state index in [1.807, 2.05) is 12.1 Å². The second-order valence-corrected chi connectivity index (χ2v) is 5.86. The average molecular weight is 439 g/mol. The maximum atomic E-state index is 5.79. The quantitative estimate of drug-likeness (QED) is 0.235. The number of hydrogen-bond acceptors (Lipinski definition) is 3. The predicted octanol–water partition coefficient (Wildman–Crippen LogP) is 2.84. The Labute approximate surface area is 134 Å². The Morgan fingerprint density at radius 3 is 2.84 bits per heavy atom. The number of unbranched alkanes of at least 4 members (excludes halogenated alkanes) is 1. The molecule has 0 bridgehead atoms. The van der Waals surface area contributed by atoms with Crippen molar-refractivity contribution in [3.63, 3.8) is 0 Å². The van der Waals surface area contributed by atoms with E-state index in [1.165, 1.54) is 0 Å². The summed E-state index contributed by atoms with van der Waals surface area (Å²) in [6.45, 7) is 2.80. The zero-order valence-electron chi connectivity index (χ0n) is 10.6. The van der Waals surface area contributed by atoms with Gasteiger partial charge in [-0.25, -0.2) is 0 Å². The van der Waals surface area contributed by atoms with Gasteiger partial charge in [0.25, 0.3) is 0 Å². The van der Waals surface area contributed by atoms with Crippen molar-refractivity contribution in [1.29, 1.82) is 0 Å². The molecule has 0 heterocycles. The summed E-state index contributed by atoms with van der Waals surface area (Å²) in [7, 11) is 0. The number of hydrogen-bond donors (Lipinski definition) is 2. The van der Waals surface area contributed by atoms with E-state index in [2.05, 4.69) is 55.6 Å². The van der Waals surface area contributed by atoms with Crippen molar-refractivity contribution in [3.05, 3.63) is 25.7 Å². The average Bonchev–Trinajstić information content (AvgIpc) is 2.32. The van der Waals surface area contributed by atoms with Gasteiger partial charge >= 0.3 is 0 Å². The van der Waals surface area contributed by atoms with Crippen LogP contribution in [0.2, 0.25) is 0 Å². The lowest BCUT2D eigenvalue weighted by Gasteiger charge is -2.11. The molecule has 0 aromatic heterocycles. The number of nitrogens with two attached hydrogens (primary N) is 2. The molecular formula is C12H16BrIN4O. The molecule has 7 heteroatoms. The number of ether oxygens (including phenoxy) is 1. The first-order valence-corrected chi connectivity index (χ1v) is 7.65. The van der Waals surface area contributed by atoms with Gasteiger partial charge in [-0.3, -0.25) is 0 Å². The molecule has 104 valence electrons. The van der Waals surface area contributed by atoms with Crippen molar-refractivity contribution in [2.75, 3.05) is 6.61 Å². The monoisotopic (exact) mass is 438 g/mol. The Bertz CT molecular complexity index is 487. The molecule has 0 radical (unpaired) electrons. The summed E-state index contributed by atoms with van der Waals surface area (Å²) in [5.74, 6) is 0.723. The van der Waals surface area contributed by atoms with Crippen molar-refractivity contribution < 1.29 is 4.74 Å². The van der Waals surface area contributed by atoms with Crippen LogP contribution in [0.5, 0.6) is 5.75 Å². The van der Waals surface area contributed by atoms with Gasteiger partial charge in [-0.15, -0.1) is 5.10 Å². The fourth-order valence-corrected chi connectivity index (χ4v) is 3.01. The van der Waals surface area contributed by atoms with Crippen LogP contribution in [0, 0.1) is 3.57 Å². The predicted molar refractivity (Wildman–Crippen MR) is 90.7 cm³/mol. The minimum atomic E-state index is -0.0746. The lowest BCUT2D eigenvalue weighted by molar-refractivity contribution is 0.307. The molecule has 1 rings (SSSR count). The maximum absolute atomic E-state index is 5.79. The van der Waals surface area contributed by atoms with Crippen LogP contribution < -0.4 is 16.2 Å². The summed E-state index contributed by atoms with van der Waals surface area (Å²) in [5, 5.41) is 7.41. The molecule has 0 fully saturated rings. The van der Waals surface area contributed by atoms with Gasteiger partial charge < -0.3 is 16.2 Å². The molecule has 0 aliphatic heterocycles. The lowest BCUT2D eigenvalue weighted by Crippen LogP contribution is -2.21. The second kappa shape index (κ2) is 8.36. The van der Waals surface area contributed by atoms with E-state index in [9.17, 15) is 0 Å². The number of halogens is 2. The fourth-order valence-electron chi connectivity index (χ4n) is 1.30. The zero-order valence-corrected chi connectivity index (χ0v) is 14.3. The topological polar surface area (TPSA) is 86.0 Å². The van der Waals surface area contributed by atoms with Crippen LogP contribution in [0.15, 0.2) is 26.8 Å². The number of nitrogens with zero attached hydrogens (tertiary/aromatic N) is 2. The summed E-state index contributed by atoms with van der Waals surface area (Å²) in [6.07, 6.45) is 3.68. The number of guanidine groups is 1. The Balaban J connectivity index is 2.99. The van der Waals surface area contributed by atoms with E-state index >= 15 is 0 Å². The molecule has 1 aromatic carbocycles.